The van der Waals surface area contributed by atoms with Crippen LogP contribution in [-0.4, -0.2) is 87.1 Å². The second-order valence-corrected chi connectivity index (χ2v) is 11.9. The largest absolute Gasteiger partial charge is 0.508 e. The first-order valence-electron chi connectivity index (χ1n) is 15.5. The lowest BCUT2D eigenvalue weighted by molar-refractivity contribution is -0.337. The molecule has 2 aromatic rings. The van der Waals surface area contributed by atoms with E-state index in [1.165, 1.54) is 44.2 Å². The molecule has 2 rings (SSSR count). The van der Waals surface area contributed by atoms with Crippen molar-refractivity contribution in [1.82, 2.24) is 20.9 Å². The Bertz CT molecular complexity index is 1470. The molecule has 276 valence electrons. The number of rotatable bonds is 19. The quantitative estimate of drug-likeness (QED) is 0.0542. The number of aliphatic carboxylic acids is 1. The third kappa shape index (κ3) is 10.4. The summed E-state index contributed by atoms with van der Waals surface area (Å²) in [5.74, 6) is -20.2. The van der Waals surface area contributed by atoms with Crippen molar-refractivity contribution in [3.8, 4) is 5.75 Å². The van der Waals surface area contributed by atoms with Gasteiger partial charge < -0.3 is 32.3 Å². The third-order valence-electron chi connectivity index (χ3n) is 7.57. The molecule has 0 bridgehead atoms. The maximum atomic E-state index is 16.0. The summed E-state index contributed by atoms with van der Waals surface area (Å²) in [5.41, 5.74) is 10.7. The van der Waals surface area contributed by atoms with Crippen LogP contribution in [0.1, 0.15) is 50.7 Å². The maximum Gasteiger partial charge on any atom is 0.365 e. The van der Waals surface area contributed by atoms with Crippen LogP contribution in [0, 0.1) is 5.92 Å². The number of nitrogens with zero attached hydrogens (tertiary/aromatic N) is 2. The van der Waals surface area contributed by atoms with Gasteiger partial charge in [-0.05, 0) is 62.3 Å². The van der Waals surface area contributed by atoms with Crippen molar-refractivity contribution in [3.63, 3.8) is 0 Å². The molecule has 50 heavy (non-hydrogen) atoms. The van der Waals surface area contributed by atoms with E-state index < -0.39 is 94.1 Å². The van der Waals surface area contributed by atoms with Crippen molar-refractivity contribution in [2.45, 2.75) is 75.8 Å². The standard InChI is InChI=1S/C32H41F5N6O7/c1-19(2)16-25(29(48)49)42(30(50)32(35,43(36)37)31(33,34)21-8-4-3-5-9-21)26(45)18-40-28(47)24(10-6-7-15-38)41-27(46)23(39)17-20-11-13-22(44)14-12-20/h3-5,8-9,11-14,19,23-25,44H,6-7,10,15-18,38-39H2,1-2H3,(H,40,47)(H,41,46)(H,48,49)/t23-,24+,25-,32+/m0/s1. The Morgan fingerprint density at radius 3 is 2.04 bits per heavy atom. The molecule has 13 nitrogen and oxygen atoms in total. The van der Waals surface area contributed by atoms with Crippen molar-refractivity contribution >= 4 is 29.6 Å². The average molecular weight is 717 g/mol. The monoisotopic (exact) mass is 716 g/mol. The molecule has 0 aliphatic rings. The molecule has 18 heteroatoms. The highest BCUT2D eigenvalue weighted by Gasteiger charge is 2.70. The molecule has 2 aromatic carbocycles. The van der Waals surface area contributed by atoms with Crippen molar-refractivity contribution in [2.24, 2.45) is 17.4 Å². The summed E-state index contributed by atoms with van der Waals surface area (Å²) in [7, 11) is 0. The van der Waals surface area contributed by atoms with Gasteiger partial charge in [-0.25, -0.2) is 9.18 Å². The number of carbonyl (C=O) groups is 5. The molecule has 4 amide bonds. The van der Waals surface area contributed by atoms with Gasteiger partial charge in [-0.1, -0.05) is 65.3 Å². The molecule has 0 unspecified atom stereocenters. The van der Waals surface area contributed by atoms with E-state index in [0.717, 1.165) is 12.1 Å². The summed E-state index contributed by atoms with van der Waals surface area (Å²) >= 11 is 0. The van der Waals surface area contributed by atoms with E-state index in [1.807, 2.05) is 5.32 Å². The third-order valence-corrected chi connectivity index (χ3v) is 7.57. The Hall–Kier alpha value is -4.68. The van der Waals surface area contributed by atoms with Crippen LogP contribution < -0.4 is 22.1 Å². The van der Waals surface area contributed by atoms with Crippen LogP contribution in [0.2, 0.25) is 0 Å². The Labute approximate surface area is 284 Å². The zero-order valence-electron chi connectivity index (χ0n) is 27.3. The van der Waals surface area contributed by atoms with Gasteiger partial charge in [0.1, 0.15) is 17.8 Å². The number of carbonyl (C=O) groups excluding carboxylic acids is 4. The molecular formula is C32H41F5N6O7. The Morgan fingerprint density at radius 2 is 1.52 bits per heavy atom. The highest BCUT2D eigenvalue weighted by Crippen LogP contribution is 2.46. The fourth-order valence-electron chi connectivity index (χ4n) is 4.89. The lowest BCUT2D eigenvalue weighted by Gasteiger charge is -2.37. The number of nitrogens with two attached hydrogens (primary N) is 2. The molecule has 0 aliphatic carbocycles. The molecule has 0 saturated carbocycles. The first-order valence-corrected chi connectivity index (χ1v) is 15.5. The van der Waals surface area contributed by atoms with Crippen LogP contribution in [0.25, 0.3) is 0 Å². The molecule has 0 spiro atoms. The zero-order valence-corrected chi connectivity index (χ0v) is 27.3. The van der Waals surface area contributed by atoms with Crippen LogP contribution in [0.3, 0.4) is 0 Å². The molecular weight excluding hydrogens is 675 g/mol. The van der Waals surface area contributed by atoms with Crippen molar-refractivity contribution in [3.05, 3.63) is 65.7 Å². The van der Waals surface area contributed by atoms with Gasteiger partial charge in [0.05, 0.1) is 17.9 Å². The van der Waals surface area contributed by atoms with Crippen LogP contribution in [0.4, 0.5) is 22.1 Å². The molecule has 0 saturated heterocycles. The van der Waals surface area contributed by atoms with Gasteiger partial charge in [-0.15, -0.1) is 0 Å². The summed E-state index contributed by atoms with van der Waals surface area (Å²) in [6, 6.07) is 5.00. The number of unbranched alkanes of at least 4 members (excludes halogenated alkanes) is 1. The number of carboxylic acid groups (broad SMARTS) is 1. The van der Waals surface area contributed by atoms with E-state index in [9.17, 15) is 43.1 Å². The molecule has 4 atom stereocenters. The van der Waals surface area contributed by atoms with Crippen molar-refractivity contribution in [1.29, 1.82) is 0 Å². The van der Waals surface area contributed by atoms with Crippen LogP contribution >= 0.6 is 0 Å². The van der Waals surface area contributed by atoms with Gasteiger partial charge in [0.2, 0.25) is 17.7 Å². The summed E-state index contributed by atoms with van der Waals surface area (Å²) in [4.78, 5) is 64.5. The Kier molecular flexibility index (Phi) is 15.2. The fraction of sp³-hybridized carbons (Fsp3) is 0.469. The van der Waals surface area contributed by atoms with Crippen molar-refractivity contribution in [2.75, 3.05) is 13.1 Å². The number of phenolic OH excluding ortho intramolecular Hbond substituents is 1. The van der Waals surface area contributed by atoms with Gasteiger partial charge in [-0.3, -0.25) is 24.1 Å². The summed E-state index contributed by atoms with van der Waals surface area (Å²) in [5, 5.41) is 21.0. The minimum absolute atomic E-state index is 0.00993. The minimum Gasteiger partial charge on any atom is -0.508 e. The van der Waals surface area contributed by atoms with E-state index in [-0.39, 0.29) is 31.6 Å². The van der Waals surface area contributed by atoms with Gasteiger partial charge in [0.15, 0.2) is 0 Å². The number of alkyl halides is 3. The number of halogens is 5. The number of amides is 4. The number of hydrogen-bond acceptors (Lipinski definition) is 9. The second-order valence-electron chi connectivity index (χ2n) is 11.9. The summed E-state index contributed by atoms with van der Waals surface area (Å²) in [6.07, 6.45) is -0.0594. The SMILES string of the molecule is CC(C)C[C@@H](C(=O)O)N(C(=O)CNC(=O)[C@@H](CCCCN)NC(=O)[C@@H](N)Cc1ccc(O)cc1)C(=O)[C@@](F)(N(F)F)C(F)(F)c1ccccc1. The van der Waals surface area contributed by atoms with Crippen molar-refractivity contribution < 1.29 is 56.3 Å². The molecule has 0 radical (unpaired) electrons. The molecule has 0 fully saturated rings. The van der Waals surface area contributed by atoms with Gasteiger partial charge >= 0.3 is 17.7 Å². The molecule has 0 heterocycles. The molecule has 0 aliphatic heterocycles. The van der Waals surface area contributed by atoms with Crippen LogP contribution in [-0.2, 0) is 36.3 Å². The van der Waals surface area contributed by atoms with Gasteiger partial charge in [-0.2, -0.15) is 8.78 Å². The smallest absolute Gasteiger partial charge is 0.365 e. The molecule has 8 N–H and O–H groups in total. The zero-order chi connectivity index (χ0) is 37.8. The van der Waals surface area contributed by atoms with Crippen LogP contribution in [0.15, 0.2) is 54.6 Å². The van der Waals surface area contributed by atoms with E-state index in [4.69, 9.17) is 11.5 Å². The predicted molar refractivity (Wildman–Crippen MR) is 169 cm³/mol. The van der Waals surface area contributed by atoms with Crippen LogP contribution in [0.5, 0.6) is 5.75 Å². The number of imide groups is 1. The average Bonchev–Trinajstić information content (AvgIpc) is 3.06. The molecule has 0 aromatic heterocycles. The summed E-state index contributed by atoms with van der Waals surface area (Å²) in [6.45, 7) is 1.68. The maximum absolute atomic E-state index is 16.0. The first kappa shape index (κ1) is 41.5. The number of carboxylic acids is 1. The highest BCUT2D eigenvalue weighted by atomic mass is 19.4. The van der Waals surface area contributed by atoms with E-state index in [1.54, 1.807) is 0 Å². The minimum atomic E-state index is -5.58. The summed E-state index contributed by atoms with van der Waals surface area (Å²) < 4.78 is 75.0. The van der Waals surface area contributed by atoms with E-state index in [0.29, 0.717) is 24.1 Å². The Morgan fingerprint density at radius 1 is 0.920 bits per heavy atom. The predicted octanol–water partition coefficient (Wildman–Crippen LogP) is 2.38. The lowest BCUT2D eigenvalue weighted by Crippen LogP contribution is -2.65. The normalized spacial score (nSPS) is 14.7. The number of nitrogens with one attached hydrogen (secondary N) is 2. The number of phenols is 1. The fourth-order valence-corrected chi connectivity index (χ4v) is 4.89. The number of hydrogen-bond donors (Lipinski definition) is 6. The van der Waals surface area contributed by atoms with Gasteiger partial charge in [0.25, 0.3) is 5.91 Å². The van der Waals surface area contributed by atoms with E-state index in [2.05, 4.69) is 5.32 Å². The topological polar surface area (TPSA) is 208 Å². The highest BCUT2D eigenvalue weighted by molar-refractivity contribution is 6.04. The first-order chi connectivity index (χ1) is 23.4. The number of benzene rings is 2. The van der Waals surface area contributed by atoms with Gasteiger partial charge in [0, 0.05) is 5.56 Å². The lowest BCUT2D eigenvalue weighted by atomic mass is 9.95. The number of aromatic hydroxyl groups is 1. The second kappa shape index (κ2) is 18.4. The Balaban J connectivity index is 2.40. The van der Waals surface area contributed by atoms with E-state index >= 15 is 13.2 Å².